The van der Waals surface area contributed by atoms with Crippen molar-refractivity contribution in [2.24, 2.45) is 10.1 Å². The molecule has 0 saturated heterocycles. The zero-order chi connectivity index (χ0) is 22.4. The summed E-state index contributed by atoms with van der Waals surface area (Å²) < 4.78 is 15.3. The van der Waals surface area contributed by atoms with Gasteiger partial charge in [-0.3, -0.25) is 10.2 Å². The van der Waals surface area contributed by atoms with Crippen molar-refractivity contribution in [2.45, 2.75) is 13.8 Å². The summed E-state index contributed by atoms with van der Waals surface area (Å²) in [5.41, 5.74) is 4.72. The molecule has 0 atom stereocenters. The van der Waals surface area contributed by atoms with Crippen LogP contribution in [0, 0.1) is 25.1 Å². The standard InChI is InChI=1S/C24H18FN5OS/c1-14-12-17(15(2)29(14)19-6-4-3-5-7-19)13-20-21(26)30-24(27-22(20)31)32-23(28-30)16-8-10-18(25)11-9-16/h3-13,26H,1-2H3/b20-13+,26-21?. The maximum absolute atomic E-state index is 13.2. The van der Waals surface area contributed by atoms with Gasteiger partial charge < -0.3 is 4.57 Å². The zero-order valence-corrected chi connectivity index (χ0v) is 18.2. The number of amides is 1. The van der Waals surface area contributed by atoms with Crippen molar-refractivity contribution < 1.29 is 9.18 Å². The van der Waals surface area contributed by atoms with Gasteiger partial charge in [-0.1, -0.05) is 18.2 Å². The van der Waals surface area contributed by atoms with Gasteiger partial charge in [0, 0.05) is 22.6 Å². The quantitative estimate of drug-likeness (QED) is 0.585. The molecule has 32 heavy (non-hydrogen) atoms. The second-order valence-electron chi connectivity index (χ2n) is 7.43. The van der Waals surface area contributed by atoms with Crippen molar-refractivity contribution in [3.63, 3.8) is 0 Å². The maximum Gasteiger partial charge on any atom is 0.283 e. The first kappa shape index (κ1) is 20.1. The summed E-state index contributed by atoms with van der Waals surface area (Å²) in [5.74, 6) is -0.850. The van der Waals surface area contributed by atoms with Crippen molar-refractivity contribution in [1.29, 1.82) is 5.41 Å². The smallest absolute Gasteiger partial charge is 0.283 e. The number of carbonyl (C=O) groups excluding carboxylic acids is 1. The molecule has 8 heteroatoms. The minimum Gasteiger partial charge on any atom is -0.318 e. The first-order valence-corrected chi connectivity index (χ1v) is 10.7. The zero-order valence-electron chi connectivity index (χ0n) is 17.3. The van der Waals surface area contributed by atoms with Gasteiger partial charge in [0.15, 0.2) is 5.84 Å². The van der Waals surface area contributed by atoms with Crippen LogP contribution in [0.25, 0.3) is 11.8 Å². The second-order valence-corrected chi connectivity index (χ2v) is 8.39. The van der Waals surface area contributed by atoms with E-state index in [4.69, 9.17) is 5.41 Å². The van der Waals surface area contributed by atoms with Crippen molar-refractivity contribution in [3.05, 3.63) is 94.6 Å². The minimum absolute atomic E-state index is 0.0332. The van der Waals surface area contributed by atoms with E-state index in [1.807, 2.05) is 50.2 Å². The topological polar surface area (TPSA) is 73.8 Å². The predicted octanol–water partition coefficient (Wildman–Crippen LogP) is 4.90. The predicted molar refractivity (Wildman–Crippen MR) is 126 cm³/mol. The van der Waals surface area contributed by atoms with Crippen molar-refractivity contribution >= 4 is 39.8 Å². The summed E-state index contributed by atoms with van der Waals surface area (Å²) in [6.45, 7) is 3.98. The van der Waals surface area contributed by atoms with Crippen LogP contribution in [0.3, 0.4) is 0 Å². The number of fused-ring (bicyclic) bond motifs is 1. The number of halogens is 1. The molecule has 2 aliphatic rings. The molecule has 0 saturated carbocycles. The van der Waals surface area contributed by atoms with E-state index in [-0.39, 0.29) is 17.2 Å². The van der Waals surface area contributed by atoms with Gasteiger partial charge in [-0.2, -0.15) is 15.1 Å². The number of benzene rings is 2. The lowest BCUT2D eigenvalue weighted by atomic mass is 10.1. The lowest BCUT2D eigenvalue weighted by Gasteiger charge is -2.20. The Morgan fingerprint density at radius 3 is 2.50 bits per heavy atom. The fourth-order valence-corrected chi connectivity index (χ4v) is 4.66. The van der Waals surface area contributed by atoms with Crippen LogP contribution < -0.4 is 0 Å². The normalized spacial score (nSPS) is 17.0. The molecule has 0 bridgehead atoms. The van der Waals surface area contributed by atoms with Crippen molar-refractivity contribution in [2.75, 3.05) is 0 Å². The van der Waals surface area contributed by atoms with Gasteiger partial charge in [-0.05, 0) is 79.7 Å². The largest absolute Gasteiger partial charge is 0.318 e. The van der Waals surface area contributed by atoms with Crippen LogP contribution in [0.2, 0.25) is 0 Å². The van der Waals surface area contributed by atoms with Gasteiger partial charge in [-0.25, -0.2) is 4.39 Å². The SMILES string of the molecule is Cc1cc(/C=C2\C(=N)N3N=C(c4ccc(F)cc4)SC3=NC2=O)c(C)n1-c1ccccc1. The Morgan fingerprint density at radius 1 is 1.06 bits per heavy atom. The Kier molecular flexibility index (Phi) is 4.86. The van der Waals surface area contributed by atoms with E-state index in [2.05, 4.69) is 14.7 Å². The van der Waals surface area contributed by atoms with E-state index in [0.29, 0.717) is 15.8 Å². The van der Waals surface area contributed by atoms with Gasteiger partial charge >= 0.3 is 0 Å². The third-order valence-electron chi connectivity index (χ3n) is 5.33. The molecule has 1 N–H and O–H groups in total. The molecule has 2 aliphatic heterocycles. The van der Waals surface area contributed by atoms with Crippen LogP contribution in [-0.4, -0.2) is 31.5 Å². The molecule has 0 radical (unpaired) electrons. The van der Waals surface area contributed by atoms with Crippen LogP contribution in [0.15, 0.2) is 76.3 Å². The number of nitrogens with zero attached hydrogens (tertiary/aromatic N) is 4. The fourth-order valence-electron chi connectivity index (χ4n) is 3.76. The van der Waals surface area contributed by atoms with Crippen LogP contribution in [0.4, 0.5) is 4.39 Å². The number of hydrogen-bond donors (Lipinski definition) is 1. The Morgan fingerprint density at radius 2 is 1.78 bits per heavy atom. The number of aliphatic imine (C=N–C) groups is 1. The number of aryl methyl sites for hydroxylation is 1. The lowest BCUT2D eigenvalue weighted by Crippen LogP contribution is -2.35. The summed E-state index contributed by atoms with van der Waals surface area (Å²) >= 11 is 1.19. The summed E-state index contributed by atoms with van der Waals surface area (Å²) in [5, 5.41) is 15.3. The van der Waals surface area contributed by atoms with Crippen LogP contribution in [0.5, 0.6) is 0 Å². The summed E-state index contributed by atoms with van der Waals surface area (Å²) in [4.78, 5) is 16.9. The number of para-hydroxylation sites is 1. The average molecular weight is 444 g/mol. The Bertz CT molecular complexity index is 1350. The van der Waals surface area contributed by atoms with Gasteiger partial charge in [0.2, 0.25) is 5.17 Å². The summed E-state index contributed by atoms with van der Waals surface area (Å²) in [6, 6.07) is 17.9. The third kappa shape index (κ3) is 3.38. The number of hydrazone groups is 1. The molecule has 3 heterocycles. The molecule has 2 aromatic carbocycles. The molecular formula is C24H18FN5OS. The maximum atomic E-state index is 13.2. The Hall–Kier alpha value is -3.78. The molecule has 0 fully saturated rings. The number of thioether (sulfide) groups is 1. The van der Waals surface area contributed by atoms with Crippen molar-refractivity contribution in [3.8, 4) is 5.69 Å². The van der Waals surface area contributed by atoms with Gasteiger partial charge in [0.05, 0.1) is 5.57 Å². The van der Waals surface area contributed by atoms with Gasteiger partial charge in [0.25, 0.3) is 5.91 Å². The van der Waals surface area contributed by atoms with Gasteiger partial charge in [-0.15, -0.1) is 0 Å². The van der Waals surface area contributed by atoms with E-state index in [0.717, 1.165) is 22.6 Å². The minimum atomic E-state index is -0.478. The molecule has 0 spiro atoms. The van der Waals surface area contributed by atoms with Crippen LogP contribution in [-0.2, 0) is 4.79 Å². The highest BCUT2D eigenvalue weighted by Gasteiger charge is 2.36. The van der Waals surface area contributed by atoms with E-state index >= 15 is 0 Å². The highest BCUT2D eigenvalue weighted by Crippen LogP contribution is 2.32. The highest BCUT2D eigenvalue weighted by molar-refractivity contribution is 8.27. The molecule has 1 amide bonds. The molecule has 6 nitrogen and oxygen atoms in total. The van der Waals surface area contributed by atoms with Crippen molar-refractivity contribution in [1.82, 2.24) is 9.58 Å². The second kappa shape index (κ2) is 7.72. The first-order chi connectivity index (χ1) is 15.4. The Balaban J connectivity index is 1.51. The monoisotopic (exact) mass is 443 g/mol. The lowest BCUT2D eigenvalue weighted by molar-refractivity contribution is -0.114. The van der Waals surface area contributed by atoms with E-state index in [1.54, 1.807) is 18.2 Å². The molecule has 0 unspecified atom stereocenters. The number of rotatable bonds is 3. The number of carbonyl (C=O) groups is 1. The van der Waals surface area contributed by atoms with Crippen LogP contribution >= 0.6 is 11.8 Å². The molecule has 1 aromatic heterocycles. The van der Waals surface area contributed by atoms with E-state index in [1.165, 1.54) is 28.9 Å². The number of nitrogens with one attached hydrogen (secondary N) is 1. The fraction of sp³-hybridized carbons (Fsp3) is 0.0833. The van der Waals surface area contributed by atoms with E-state index in [9.17, 15) is 9.18 Å². The summed E-state index contributed by atoms with van der Waals surface area (Å²) in [7, 11) is 0. The Labute approximate surface area is 188 Å². The summed E-state index contributed by atoms with van der Waals surface area (Å²) in [6.07, 6.45) is 1.70. The third-order valence-corrected chi connectivity index (χ3v) is 6.29. The molecule has 5 rings (SSSR count). The highest BCUT2D eigenvalue weighted by atomic mass is 32.2. The molecule has 0 aliphatic carbocycles. The molecule has 158 valence electrons. The molecular weight excluding hydrogens is 425 g/mol. The first-order valence-electron chi connectivity index (χ1n) is 9.93. The van der Waals surface area contributed by atoms with Crippen LogP contribution in [0.1, 0.15) is 22.5 Å². The van der Waals surface area contributed by atoms with Gasteiger partial charge in [0.1, 0.15) is 10.9 Å². The number of aromatic nitrogens is 1. The number of amidine groups is 2. The number of hydrogen-bond acceptors (Lipinski definition) is 4. The average Bonchev–Trinajstić information content (AvgIpc) is 3.33. The molecule has 3 aromatic rings. The van der Waals surface area contributed by atoms with E-state index < -0.39 is 5.91 Å².